The van der Waals surface area contributed by atoms with Gasteiger partial charge in [-0.15, -0.1) is 0 Å². The Balaban J connectivity index is 0.000000549. The molecular formula is C67H110BrN3O33. The molecule has 5 rings (SSSR count). The average molecular weight is 1570 g/mol. The van der Waals surface area contributed by atoms with Crippen molar-refractivity contribution in [2.45, 2.75) is 78.4 Å². The molecule has 598 valence electrons. The van der Waals surface area contributed by atoms with Gasteiger partial charge in [-0.05, 0) is 56.7 Å². The van der Waals surface area contributed by atoms with Crippen molar-refractivity contribution in [1.29, 1.82) is 0 Å². The minimum absolute atomic E-state index is 0. The second kappa shape index (κ2) is 58.4. The first-order chi connectivity index (χ1) is 50.1. The lowest BCUT2D eigenvalue weighted by atomic mass is 9.92. The van der Waals surface area contributed by atoms with E-state index < -0.39 is 32.2 Å². The van der Waals surface area contributed by atoms with Gasteiger partial charge < -0.3 is 130 Å². The second-order valence-corrected chi connectivity index (χ2v) is 23.6. The molecule has 0 radical (unpaired) electrons. The van der Waals surface area contributed by atoms with E-state index in [0.29, 0.717) is 53.5 Å². The molecule has 36 nitrogen and oxygen atoms in total. The molecule has 2 heterocycles. The lowest BCUT2D eigenvalue weighted by Crippen LogP contribution is -2.42. The fraction of sp³-hybridized carbons (Fsp3) is 0.731. The van der Waals surface area contributed by atoms with Gasteiger partial charge in [0.05, 0.1) is 280 Å². The first-order valence-electron chi connectivity index (χ1n) is 33.6. The number of hydrogen-bond donors (Lipinski definition) is 7. The summed E-state index contributed by atoms with van der Waals surface area (Å²) in [6, 6.07) is 8.37. The van der Waals surface area contributed by atoms with Crippen LogP contribution in [0.25, 0.3) is 0 Å². The number of alkyl halides is 1. The van der Waals surface area contributed by atoms with E-state index in [1.165, 1.54) is 51.7 Å². The Kier molecular flexibility index (Phi) is 53.0. The Morgan fingerprint density at radius 1 is 0.394 bits per heavy atom. The van der Waals surface area contributed by atoms with E-state index >= 15 is 0 Å². The summed E-state index contributed by atoms with van der Waals surface area (Å²) in [5, 5.41) is 98.4. The standard InChI is InChI=1S/C28H47NO14.C23H39NO13.C15H20BrNO6.CH4/c1-35-25-16-23(18-43-27-4-2-3-8-42-27)24(29(33)34)17-26(25)41-15-14-36-12-13-40-22-28(19-37-9-5-30,20-38-10-6-31)21-39-11-7-32;1-31-21-12-19(14-28)20(24(29)30)13-22(21)37-11-10-32-8-9-36-18-23(15-33-5-2-25,16-34-6-3-26)17-35-7-4-27;1-20-13-8-11(10-23-15-4-2-3-6-22-15)12(17(18)19)9-14(13)21-7-5-16;/h16-17,27,30-32H,2-15,18-22H2,1H3;12-13,25-28H,2-11,14-18H2,1H3;8-9,15H,2-7,10H2,1H3;1H4. The highest BCUT2D eigenvalue weighted by molar-refractivity contribution is 9.09. The van der Waals surface area contributed by atoms with Crippen LogP contribution in [-0.4, -0.2) is 295 Å². The molecule has 7 N–H and O–H groups in total. The Hall–Kier alpha value is -5.70. The number of halogens is 1. The maximum absolute atomic E-state index is 11.7. The first kappa shape index (κ1) is 94.4. The van der Waals surface area contributed by atoms with Crippen molar-refractivity contribution in [1.82, 2.24) is 0 Å². The largest absolute Gasteiger partial charge is 0.493 e. The van der Waals surface area contributed by atoms with Crippen molar-refractivity contribution in [3.63, 3.8) is 0 Å². The van der Waals surface area contributed by atoms with Gasteiger partial charge in [-0.1, -0.05) is 23.4 Å². The average Bonchev–Trinajstić information content (AvgIpc) is 0.833. The highest BCUT2D eigenvalue weighted by atomic mass is 79.9. The highest BCUT2D eigenvalue weighted by Crippen LogP contribution is 2.38. The molecule has 2 fully saturated rings. The molecular weight excluding hydrogens is 1450 g/mol. The quantitative estimate of drug-likeness (QED) is 0.0175. The van der Waals surface area contributed by atoms with Crippen molar-refractivity contribution in [3.05, 3.63) is 83.4 Å². The van der Waals surface area contributed by atoms with Crippen LogP contribution < -0.4 is 28.4 Å². The van der Waals surface area contributed by atoms with Crippen LogP contribution >= 0.6 is 15.9 Å². The third kappa shape index (κ3) is 37.7. The van der Waals surface area contributed by atoms with E-state index in [9.17, 15) is 35.4 Å². The van der Waals surface area contributed by atoms with Gasteiger partial charge in [0.15, 0.2) is 47.1 Å². The summed E-state index contributed by atoms with van der Waals surface area (Å²) in [5.41, 5.74) is -1.01. The predicted octanol–water partition coefficient (Wildman–Crippen LogP) is 4.65. The topological polar surface area (TPSA) is 456 Å². The number of nitrogens with zero attached hydrogens (tertiary/aromatic N) is 3. The molecule has 3 aromatic rings. The van der Waals surface area contributed by atoms with Crippen LogP contribution in [0.3, 0.4) is 0 Å². The van der Waals surface area contributed by atoms with Crippen molar-refractivity contribution in [3.8, 4) is 34.5 Å². The lowest BCUT2D eigenvalue weighted by molar-refractivity contribution is -0.386. The van der Waals surface area contributed by atoms with Gasteiger partial charge in [-0.3, -0.25) is 30.3 Å². The molecule has 0 aliphatic carbocycles. The zero-order valence-electron chi connectivity index (χ0n) is 59.1. The Morgan fingerprint density at radius 3 is 0.942 bits per heavy atom. The van der Waals surface area contributed by atoms with Gasteiger partial charge in [0.1, 0.15) is 13.2 Å². The zero-order valence-corrected chi connectivity index (χ0v) is 60.7. The van der Waals surface area contributed by atoms with Crippen molar-refractivity contribution < 1.29 is 145 Å². The van der Waals surface area contributed by atoms with Crippen molar-refractivity contribution in [2.24, 2.45) is 10.8 Å². The number of hydrogen-bond acceptors (Lipinski definition) is 33. The van der Waals surface area contributed by atoms with E-state index in [2.05, 4.69) is 15.9 Å². The molecule has 104 heavy (non-hydrogen) atoms. The third-order valence-electron chi connectivity index (χ3n) is 14.7. The summed E-state index contributed by atoms with van der Waals surface area (Å²) < 4.78 is 111. The Bertz CT molecular complexity index is 2680. The molecule has 2 atom stereocenters. The van der Waals surface area contributed by atoms with Crippen LogP contribution in [0, 0.1) is 41.2 Å². The minimum Gasteiger partial charge on any atom is -0.493 e. The maximum Gasteiger partial charge on any atom is 0.278 e. The highest BCUT2D eigenvalue weighted by Gasteiger charge is 2.34. The molecule has 2 saturated heterocycles. The molecule has 0 aromatic heterocycles. The molecule has 37 heteroatoms. The molecule has 0 spiro atoms. The van der Waals surface area contributed by atoms with E-state index in [1.807, 2.05) is 0 Å². The van der Waals surface area contributed by atoms with Crippen molar-refractivity contribution >= 4 is 33.0 Å². The molecule has 0 saturated carbocycles. The summed E-state index contributed by atoms with van der Waals surface area (Å²) in [6.07, 6.45) is 4.88. The minimum atomic E-state index is -0.728. The van der Waals surface area contributed by atoms with Crippen LogP contribution in [0.1, 0.15) is 62.6 Å². The predicted molar refractivity (Wildman–Crippen MR) is 374 cm³/mol. The summed E-state index contributed by atoms with van der Waals surface area (Å²) in [6.45, 7) is 4.03. The van der Waals surface area contributed by atoms with Crippen LogP contribution in [0.2, 0.25) is 0 Å². The number of nitro benzene ring substituents is 3. The van der Waals surface area contributed by atoms with E-state index in [-0.39, 0.29) is 258 Å². The number of rotatable bonds is 58. The Labute approximate surface area is 614 Å². The van der Waals surface area contributed by atoms with E-state index in [1.54, 1.807) is 6.07 Å². The van der Waals surface area contributed by atoms with Gasteiger partial charge in [-0.25, -0.2) is 0 Å². The van der Waals surface area contributed by atoms with E-state index in [4.69, 9.17) is 125 Å². The van der Waals surface area contributed by atoms with Gasteiger partial charge in [-0.2, -0.15) is 0 Å². The fourth-order valence-electron chi connectivity index (χ4n) is 9.72. The molecule has 2 aliphatic rings. The van der Waals surface area contributed by atoms with Crippen LogP contribution in [-0.2, 0) is 86.1 Å². The van der Waals surface area contributed by atoms with Crippen LogP contribution in [0.4, 0.5) is 17.1 Å². The third-order valence-corrected chi connectivity index (χ3v) is 15.0. The van der Waals surface area contributed by atoms with Gasteiger partial charge in [0.25, 0.3) is 17.1 Å². The fourth-order valence-corrected chi connectivity index (χ4v) is 9.88. The number of methoxy groups -OCH3 is 3. The zero-order chi connectivity index (χ0) is 75.2. The van der Waals surface area contributed by atoms with Crippen LogP contribution in [0.15, 0.2) is 36.4 Å². The molecule has 0 amide bonds. The number of benzene rings is 3. The normalized spacial score (nSPS) is 14.5. The summed E-state index contributed by atoms with van der Waals surface area (Å²) in [5.74, 6) is 1.75. The van der Waals surface area contributed by atoms with Crippen LogP contribution in [0.5, 0.6) is 34.5 Å². The summed E-state index contributed by atoms with van der Waals surface area (Å²) >= 11 is 3.25. The number of ether oxygens (including phenoxy) is 20. The smallest absolute Gasteiger partial charge is 0.278 e. The Morgan fingerprint density at radius 2 is 0.673 bits per heavy atom. The second-order valence-electron chi connectivity index (χ2n) is 22.8. The number of nitro groups is 3. The van der Waals surface area contributed by atoms with Gasteiger partial charge in [0.2, 0.25) is 0 Å². The van der Waals surface area contributed by atoms with Gasteiger partial charge >= 0.3 is 0 Å². The maximum atomic E-state index is 11.7. The molecule has 2 aliphatic heterocycles. The number of aliphatic hydroxyl groups is 7. The molecule has 0 bridgehead atoms. The SMILES string of the molecule is C.COc1cc(CO)c([N+](=O)[O-])cc1OCCOCCOCC(COCCO)(COCCO)COCCO.COc1cc(COC2CCCCO2)c([N+](=O)[O-])cc1OCCBr.COc1cc(COC2CCCCO2)c([N+](=O)[O-])cc1OCCOCCOCC(COCCO)(COCCO)COCCO. The number of aliphatic hydroxyl groups excluding tert-OH is 7. The van der Waals surface area contributed by atoms with Crippen molar-refractivity contribution in [2.75, 3.05) is 231 Å². The summed E-state index contributed by atoms with van der Waals surface area (Å²) in [7, 11) is 4.34. The first-order valence-corrected chi connectivity index (χ1v) is 34.7. The molecule has 2 unspecified atom stereocenters. The van der Waals surface area contributed by atoms with E-state index in [0.717, 1.165) is 38.5 Å². The summed E-state index contributed by atoms with van der Waals surface area (Å²) in [4.78, 5) is 32.7. The molecule has 3 aromatic carbocycles. The van der Waals surface area contributed by atoms with Gasteiger partial charge in [0, 0.05) is 18.5 Å². The monoisotopic (exact) mass is 1560 g/mol. The lowest BCUT2D eigenvalue weighted by Gasteiger charge is -2.32.